The molecule has 0 radical (unpaired) electrons. The Morgan fingerprint density at radius 3 is 2.71 bits per heavy atom. The number of rotatable bonds is 2. The van der Waals surface area contributed by atoms with Gasteiger partial charge in [0.15, 0.2) is 5.43 Å². The zero-order valence-electron chi connectivity index (χ0n) is 8.76. The highest BCUT2D eigenvalue weighted by Gasteiger charge is 2.14. The monoisotopic (exact) mass is 303 g/mol. The van der Waals surface area contributed by atoms with Gasteiger partial charge < -0.3 is 9.72 Å². The molecule has 1 N–H and O–H groups in total. The second kappa shape index (κ2) is 4.44. The Kier molecular flexibility index (Phi) is 3.15. The lowest BCUT2D eigenvalue weighted by molar-refractivity contribution is 0.146. The number of aromatic amines is 1. The summed E-state index contributed by atoms with van der Waals surface area (Å²) in [4.78, 5) is 14.3. The van der Waals surface area contributed by atoms with Crippen molar-refractivity contribution in [2.45, 2.75) is 6.43 Å². The lowest BCUT2D eigenvalue weighted by Crippen LogP contribution is -2.07. The summed E-state index contributed by atoms with van der Waals surface area (Å²) >= 11 is 3.21. The average Bonchev–Trinajstić information content (AvgIpc) is 2.30. The fraction of sp³-hybridized carbons (Fsp3) is 0.182. The standard InChI is InChI=1S/C11H8BrF2NO2/c1-17-8-3-2-5(12)10-9(8)7(16)4-6(15-10)11(13)14/h2-4,11H,1H3,(H,15,16). The molecule has 0 atom stereocenters. The number of alkyl halides is 2. The smallest absolute Gasteiger partial charge is 0.278 e. The molecule has 0 amide bonds. The summed E-state index contributed by atoms with van der Waals surface area (Å²) in [5, 5.41) is 0.256. The van der Waals surface area contributed by atoms with Gasteiger partial charge in [0.2, 0.25) is 0 Å². The van der Waals surface area contributed by atoms with Gasteiger partial charge in [-0.25, -0.2) is 8.78 Å². The number of pyridine rings is 1. The summed E-state index contributed by atoms with van der Waals surface area (Å²) in [5.41, 5.74) is -0.587. The summed E-state index contributed by atoms with van der Waals surface area (Å²) in [6, 6.07) is 4.12. The maximum Gasteiger partial charge on any atom is 0.278 e. The number of hydrogen-bond donors (Lipinski definition) is 1. The highest BCUT2D eigenvalue weighted by Crippen LogP contribution is 2.29. The van der Waals surface area contributed by atoms with Crippen molar-refractivity contribution in [3.63, 3.8) is 0 Å². The van der Waals surface area contributed by atoms with Crippen LogP contribution in [-0.2, 0) is 0 Å². The molecule has 17 heavy (non-hydrogen) atoms. The predicted octanol–water partition coefficient (Wildman–Crippen LogP) is 3.24. The highest BCUT2D eigenvalue weighted by atomic mass is 79.9. The molecule has 0 saturated heterocycles. The van der Waals surface area contributed by atoms with Crippen LogP contribution in [0.3, 0.4) is 0 Å². The van der Waals surface area contributed by atoms with Gasteiger partial charge in [-0.3, -0.25) is 4.79 Å². The fourth-order valence-corrected chi connectivity index (χ4v) is 2.04. The van der Waals surface area contributed by atoms with E-state index in [1.807, 2.05) is 0 Å². The molecule has 0 aliphatic heterocycles. The van der Waals surface area contributed by atoms with E-state index in [4.69, 9.17) is 4.74 Å². The number of methoxy groups -OCH3 is 1. The highest BCUT2D eigenvalue weighted by molar-refractivity contribution is 9.10. The third-order valence-electron chi connectivity index (χ3n) is 2.37. The zero-order chi connectivity index (χ0) is 12.6. The van der Waals surface area contributed by atoms with E-state index in [1.165, 1.54) is 7.11 Å². The number of benzene rings is 1. The van der Waals surface area contributed by atoms with Crippen LogP contribution in [0.15, 0.2) is 27.5 Å². The Hall–Kier alpha value is -1.43. The number of H-pyrrole nitrogens is 1. The first-order chi connectivity index (χ1) is 8.04. The van der Waals surface area contributed by atoms with Crippen molar-refractivity contribution < 1.29 is 13.5 Å². The Balaban J connectivity index is 2.89. The van der Waals surface area contributed by atoms with Crippen LogP contribution in [0.5, 0.6) is 5.75 Å². The number of aromatic nitrogens is 1. The topological polar surface area (TPSA) is 42.1 Å². The van der Waals surface area contributed by atoms with Gasteiger partial charge in [0.1, 0.15) is 5.75 Å². The van der Waals surface area contributed by atoms with Crippen LogP contribution in [0, 0.1) is 0 Å². The molecule has 1 aromatic carbocycles. The minimum absolute atomic E-state index is 0.256. The molecule has 2 aromatic rings. The molecule has 90 valence electrons. The van der Waals surface area contributed by atoms with Gasteiger partial charge in [0, 0.05) is 10.5 Å². The van der Waals surface area contributed by atoms with Gasteiger partial charge in [-0.1, -0.05) is 0 Å². The fourth-order valence-electron chi connectivity index (χ4n) is 1.61. The van der Waals surface area contributed by atoms with Crippen LogP contribution < -0.4 is 10.2 Å². The van der Waals surface area contributed by atoms with E-state index in [-0.39, 0.29) is 5.39 Å². The number of halogens is 3. The van der Waals surface area contributed by atoms with Crippen molar-refractivity contribution in [1.82, 2.24) is 4.98 Å². The maximum atomic E-state index is 12.6. The number of hydrogen-bond acceptors (Lipinski definition) is 2. The molecule has 0 aliphatic rings. The first kappa shape index (κ1) is 12.0. The van der Waals surface area contributed by atoms with Crippen LogP contribution in [-0.4, -0.2) is 12.1 Å². The second-order valence-electron chi connectivity index (χ2n) is 3.39. The van der Waals surface area contributed by atoms with E-state index in [0.29, 0.717) is 15.7 Å². The van der Waals surface area contributed by atoms with Gasteiger partial charge in [-0.2, -0.15) is 0 Å². The van der Waals surface area contributed by atoms with E-state index in [2.05, 4.69) is 20.9 Å². The zero-order valence-corrected chi connectivity index (χ0v) is 10.3. The van der Waals surface area contributed by atoms with Gasteiger partial charge >= 0.3 is 0 Å². The van der Waals surface area contributed by atoms with Crippen molar-refractivity contribution in [3.05, 3.63) is 38.6 Å². The molecule has 6 heteroatoms. The largest absolute Gasteiger partial charge is 0.496 e. The Morgan fingerprint density at radius 1 is 1.41 bits per heavy atom. The molecule has 0 bridgehead atoms. The summed E-state index contributed by atoms with van der Waals surface area (Å²) < 4.78 is 30.7. The van der Waals surface area contributed by atoms with Crippen molar-refractivity contribution in [1.29, 1.82) is 0 Å². The van der Waals surface area contributed by atoms with Crippen molar-refractivity contribution in [2.75, 3.05) is 7.11 Å². The molecular weight excluding hydrogens is 296 g/mol. The Morgan fingerprint density at radius 2 is 2.12 bits per heavy atom. The van der Waals surface area contributed by atoms with E-state index >= 15 is 0 Å². The molecule has 2 rings (SSSR count). The summed E-state index contributed by atoms with van der Waals surface area (Å²) in [5.74, 6) is 0.352. The number of fused-ring (bicyclic) bond motifs is 1. The van der Waals surface area contributed by atoms with Crippen molar-refractivity contribution >= 4 is 26.8 Å². The molecule has 0 fully saturated rings. The Bertz CT molecular complexity index is 625. The predicted molar refractivity (Wildman–Crippen MR) is 63.8 cm³/mol. The van der Waals surface area contributed by atoms with E-state index in [9.17, 15) is 13.6 Å². The first-order valence-electron chi connectivity index (χ1n) is 4.72. The third-order valence-corrected chi connectivity index (χ3v) is 3.03. The Labute approximate surface area is 104 Å². The second-order valence-corrected chi connectivity index (χ2v) is 4.24. The van der Waals surface area contributed by atoms with Crippen molar-refractivity contribution in [3.8, 4) is 5.75 Å². The molecule has 0 aliphatic carbocycles. The van der Waals surface area contributed by atoms with E-state index in [0.717, 1.165) is 6.07 Å². The minimum atomic E-state index is -2.72. The third kappa shape index (κ3) is 2.04. The van der Waals surface area contributed by atoms with Gasteiger partial charge in [-0.05, 0) is 28.1 Å². The van der Waals surface area contributed by atoms with Crippen LogP contribution in [0.2, 0.25) is 0 Å². The number of ether oxygens (including phenoxy) is 1. The lowest BCUT2D eigenvalue weighted by Gasteiger charge is -2.08. The van der Waals surface area contributed by atoms with E-state index < -0.39 is 17.5 Å². The molecule has 0 spiro atoms. The average molecular weight is 304 g/mol. The van der Waals surface area contributed by atoms with Crippen LogP contribution in [0.25, 0.3) is 10.9 Å². The van der Waals surface area contributed by atoms with Crippen LogP contribution in [0.4, 0.5) is 8.78 Å². The lowest BCUT2D eigenvalue weighted by atomic mass is 10.1. The van der Waals surface area contributed by atoms with Gasteiger partial charge in [-0.15, -0.1) is 0 Å². The molecule has 3 nitrogen and oxygen atoms in total. The minimum Gasteiger partial charge on any atom is -0.496 e. The molecular formula is C11H8BrF2NO2. The van der Waals surface area contributed by atoms with Crippen LogP contribution >= 0.6 is 15.9 Å². The van der Waals surface area contributed by atoms with Gasteiger partial charge in [0.05, 0.1) is 23.7 Å². The van der Waals surface area contributed by atoms with Crippen molar-refractivity contribution in [2.24, 2.45) is 0 Å². The van der Waals surface area contributed by atoms with E-state index in [1.54, 1.807) is 12.1 Å². The van der Waals surface area contributed by atoms with Gasteiger partial charge in [0.25, 0.3) is 6.43 Å². The first-order valence-corrected chi connectivity index (χ1v) is 5.51. The summed E-state index contributed by atoms with van der Waals surface area (Å²) in [6.07, 6.45) is -2.72. The molecule has 0 unspecified atom stereocenters. The SMILES string of the molecule is COc1ccc(Br)c2[nH]c(C(F)F)cc(=O)c12. The molecule has 1 heterocycles. The molecule has 0 saturated carbocycles. The quantitative estimate of drug-likeness (QED) is 0.925. The number of nitrogens with one attached hydrogen (secondary N) is 1. The summed E-state index contributed by atoms with van der Waals surface area (Å²) in [7, 11) is 1.42. The van der Waals surface area contributed by atoms with Crippen LogP contribution in [0.1, 0.15) is 12.1 Å². The normalized spacial score (nSPS) is 11.1. The summed E-state index contributed by atoms with van der Waals surface area (Å²) in [6.45, 7) is 0. The maximum absolute atomic E-state index is 12.6. The molecule has 1 aromatic heterocycles.